The van der Waals surface area contributed by atoms with E-state index in [1.165, 1.54) is 6.07 Å². The maximum Gasteiger partial charge on any atom is 0.337 e. The highest BCUT2D eigenvalue weighted by molar-refractivity contribution is 7.90. The molecule has 0 saturated carbocycles. The number of nitrogens with one attached hydrogen (secondary N) is 1. The molecule has 1 aromatic rings. The largest absolute Gasteiger partial charge is 0.478 e. The van der Waals surface area contributed by atoms with Crippen molar-refractivity contribution in [3.05, 3.63) is 23.8 Å². The summed E-state index contributed by atoms with van der Waals surface area (Å²) in [5.74, 6) is -1.58. The Balaban J connectivity index is 2.91. The molecule has 0 radical (unpaired) electrons. The smallest absolute Gasteiger partial charge is 0.337 e. The molecule has 1 aromatic carbocycles. The van der Waals surface area contributed by atoms with Gasteiger partial charge in [0.1, 0.15) is 9.84 Å². The van der Waals surface area contributed by atoms with E-state index in [1.807, 2.05) is 0 Å². The number of rotatable bonds is 7. The summed E-state index contributed by atoms with van der Waals surface area (Å²) in [5, 5.41) is 9.00. The number of carboxylic acid groups (broad SMARTS) is 1. The molecule has 0 fully saturated rings. The van der Waals surface area contributed by atoms with E-state index in [2.05, 4.69) is 4.72 Å². The van der Waals surface area contributed by atoms with Crippen LogP contribution in [0.25, 0.3) is 0 Å². The molecule has 0 aromatic heterocycles. The first-order valence-corrected chi connectivity index (χ1v) is 9.37. The number of carbonyl (C=O) groups is 1. The van der Waals surface area contributed by atoms with Crippen LogP contribution in [-0.2, 0) is 19.9 Å². The van der Waals surface area contributed by atoms with Gasteiger partial charge in [0.05, 0.1) is 16.2 Å². The Hall–Kier alpha value is -1.65. The molecule has 21 heavy (non-hydrogen) atoms. The lowest BCUT2D eigenvalue weighted by Gasteiger charge is -2.09. The predicted octanol–water partition coefficient (Wildman–Crippen LogP) is -0.320. The Morgan fingerprint density at radius 2 is 1.90 bits per heavy atom. The van der Waals surface area contributed by atoms with Gasteiger partial charge in [0.2, 0.25) is 10.0 Å². The van der Waals surface area contributed by atoms with Gasteiger partial charge in [-0.1, -0.05) is 0 Å². The molecule has 0 amide bonds. The molecule has 0 aliphatic rings. The molecule has 0 atom stereocenters. The first-order chi connectivity index (χ1) is 9.53. The first kappa shape index (κ1) is 17.4. The quantitative estimate of drug-likeness (QED) is 0.457. The Morgan fingerprint density at radius 3 is 2.43 bits per heavy atom. The van der Waals surface area contributed by atoms with E-state index in [9.17, 15) is 21.6 Å². The second-order valence-electron chi connectivity index (χ2n) is 4.44. The summed E-state index contributed by atoms with van der Waals surface area (Å²) in [6.07, 6.45) is 1.14. The summed E-state index contributed by atoms with van der Waals surface area (Å²) in [4.78, 5) is 10.6. The Morgan fingerprint density at radius 1 is 1.29 bits per heavy atom. The predicted molar refractivity (Wildman–Crippen MR) is 77.3 cm³/mol. The fourth-order valence-corrected chi connectivity index (χ4v) is 3.49. The lowest BCUT2D eigenvalue weighted by atomic mass is 10.2. The Bertz CT molecular complexity index is 740. The summed E-state index contributed by atoms with van der Waals surface area (Å²) in [6.45, 7) is -0.112. The van der Waals surface area contributed by atoms with Crippen LogP contribution < -0.4 is 10.5 Å². The highest BCUT2D eigenvalue weighted by Crippen LogP contribution is 2.18. The van der Waals surface area contributed by atoms with Crippen molar-refractivity contribution in [2.45, 2.75) is 11.3 Å². The normalized spacial score (nSPS) is 12.2. The average Bonchev–Trinajstić information content (AvgIpc) is 2.33. The van der Waals surface area contributed by atoms with Gasteiger partial charge in [0.15, 0.2) is 0 Å². The fourth-order valence-electron chi connectivity index (χ4n) is 1.57. The summed E-state index contributed by atoms with van der Waals surface area (Å²) < 4.78 is 48.1. The lowest BCUT2D eigenvalue weighted by molar-refractivity contribution is 0.0692. The molecule has 8 nitrogen and oxygen atoms in total. The van der Waals surface area contributed by atoms with Crippen molar-refractivity contribution in [3.8, 4) is 0 Å². The maximum atomic E-state index is 12.0. The standard InChI is InChI=1S/C11H16N2O6S2/c1-20(16,17)6-2-5-13-21(18,19)10-4-3-8(12)7-9(10)11(14)15/h3-4,7,13H,2,5-6,12H2,1H3,(H,14,15). The third kappa shape index (κ3) is 5.33. The first-order valence-electron chi connectivity index (χ1n) is 5.83. The third-order valence-electron chi connectivity index (χ3n) is 2.51. The molecule has 10 heteroatoms. The second-order valence-corrected chi connectivity index (χ2v) is 8.44. The van der Waals surface area contributed by atoms with E-state index in [-0.39, 0.29) is 24.4 Å². The zero-order valence-electron chi connectivity index (χ0n) is 11.2. The molecule has 0 aliphatic heterocycles. The number of anilines is 1. The van der Waals surface area contributed by atoms with Gasteiger partial charge in [-0.05, 0) is 24.6 Å². The van der Waals surface area contributed by atoms with Crippen LogP contribution in [-0.4, -0.2) is 46.5 Å². The summed E-state index contributed by atoms with van der Waals surface area (Å²) >= 11 is 0. The fraction of sp³-hybridized carbons (Fsp3) is 0.364. The zero-order chi connectivity index (χ0) is 16.3. The Kier molecular flexibility index (Phi) is 5.31. The van der Waals surface area contributed by atoms with Gasteiger partial charge in [0.25, 0.3) is 0 Å². The molecule has 0 aliphatic carbocycles. The van der Waals surface area contributed by atoms with Crippen molar-refractivity contribution in [2.24, 2.45) is 0 Å². The molecule has 0 saturated heterocycles. The van der Waals surface area contributed by atoms with E-state index in [0.717, 1.165) is 18.4 Å². The number of nitrogens with two attached hydrogens (primary N) is 1. The molecule has 1 rings (SSSR count). The molecule has 0 heterocycles. The van der Waals surface area contributed by atoms with Gasteiger partial charge in [-0.2, -0.15) is 0 Å². The van der Waals surface area contributed by atoms with Crippen LogP contribution in [0, 0.1) is 0 Å². The highest BCUT2D eigenvalue weighted by atomic mass is 32.2. The van der Waals surface area contributed by atoms with E-state index in [0.29, 0.717) is 0 Å². The van der Waals surface area contributed by atoms with E-state index < -0.39 is 36.3 Å². The topological polar surface area (TPSA) is 144 Å². The molecule has 4 N–H and O–H groups in total. The SMILES string of the molecule is CS(=O)(=O)CCCNS(=O)(=O)c1ccc(N)cc1C(=O)O. The minimum Gasteiger partial charge on any atom is -0.478 e. The minimum atomic E-state index is -4.05. The lowest BCUT2D eigenvalue weighted by Crippen LogP contribution is -2.27. The van der Waals surface area contributed by atoms with Crippen LogP contribution in [0.3, 0.4) is 0 Å². The van der Waals surface area contributed by atoms with Gasteiger partial charge in [0, 0.05) is 18.5 Å². The van der Waals surface area contributed by atoms with Crippen molar-refractivity contribution < 1.29 is 26.7 Å². The number of aromatic carboxylic acids is 1. The number of benzene rings is 1. The van der Waals surface area contributed by atoms with Gasteiger partial charge in [-0.15, -0.1) is 0 Å². The monoisotopic (exact) mass is 336 g/mol. The maximum absolute atomic E-state index is 12.0. The van der Waals surface area contributed by atoms with Crippen LogP contribution in [0.5, 0.6) is 0 Å². The molecular weight excluding hydrogens is 320 g/mol. The van der Waals surface area contributed by atoms with Crippen LogP contribution in [0.4, 0.5) is 5.69 Å². The van der Waals surface area contributed by atoms with Crippen LogP contribution in [0.15, 0.2) is 23.1 Å². The molecule has 0 bridgehead atoms. The van der Waals surface area contributed by atoms with E-state index in [1.54, 1.807) is 0 Å². The number of sulfone groups is 1. The van der Waals surface area contributed by atoms with Crippen molar-refractivity contribution >= 4 is 31.5 Å². The van der Waals surface area contributed by atoms with Crippen molar-refractivity contribution in [1.82, 2.24) is 4.72 Å². The van der Waals surface area contributed by atoms with Crippen molar-refractivity contribution in [1.29, 1.82) is 0 Å². The van der Waals surface area contributed by atoms with Crippen LogP contribution >= 0.6 is 0 Å². The van der Waals surface area contributed by atoms with E-state index >= 15 is 0 Å². The number of carboxylic acids is 1. The highest BCUT2D eigenvalue weighted by Gasteiger charge is 2.22. The molecule has 0 spiro atoms. The zero-order valence-corrected chi connectivity index (χ0v) is 12.9. The second kappa shape index (κ2) is 6.41. The van der Waals surface area contributed by atoms with Gasteiger partial charge >= 0.3 is 5.97 Å². The number of nitrogen functional groups attached to an aromatic ring is 1. The van der Waals surface area contributed by atoms with Crippen LogP contribution in [0.2, 0.25) is 0 Å². The van der Waals surface area contributed by atoms with Gasteiger partial charge in [-0.25, -0.2) is 26.4 Å². The minimum absolute atomic E-state index is 0.0927. The summed E-state index contributed by atoms with van der Waals surface area (Å²) in [6, 6.07) is 3.42. The summed E-state index contributed by atoms with van der Waals surface area (Å²) in [5.41, 5.74) is 5.12. The molecule has 118 valence electrons. The average molecular weight is 336 g/mol. The van der Waals surface area contributed by atoms with Gasteiger partial charge in [-0.3, -0.25) is 0 Å². The van der Waals surface area contributed by atoms with Gasteiger partial charge < -0.3 is 10.8 Å². The number of sulfonamides is 1. The molecular formula is C11H16N2O6S2. The Labute approximate surface area is 122 Å². The third-order valence-corrected chi connectivity index (χ3v) is 5.06. The summed E-state index contributed by atoms with van der Waals surface area (Å²) in [7, 11) is -7.23. The van der Waals surface area contributed by atoms with E-state index in [4.69, 9.17) is 10.8 Å². The number of hydrogen-bond acceptors (Lipinski definition) is 6. The van der Waals surface area contributed by atoms with Crippen LogP contribution in [0.1, 0.15) is 16.8 Å². The van der Waals surface area contributed by atoms with Crippen molar-refractivity contribution in [3.63, 3.8) is 0 Å². The number of hydrogen-bond donors (Lipinski definition) is 3. The van der Waals surface area contributed by atoms with Crippen molar-refractivity contribution in [2.75, 3.05) is 24.3 Å². The molecule has 0 unspecified atom stereocenters.